The summed E-state index contributed by atoms with van der Waals surface area (Å²) in [6.45, 7) is 13.0. The number of aliphatic imine (C=N–C) groups is 1. The summed E-state index contributed by atoms with van der Waals surface area (Å²) in [5.41, 5.74) is -0.320. The van der Waals surface area contributed by atoms with Crippen molar-refractivity contribution in [2.24, 2.45) is 4.99 Å². The zero-order valence-corrected chi connectivity index (χ0v) is 19.5. The number of ether oxygens (including phenoxy) is 3. The number of alkyl carbamates (subject to hydrolysis) is 1. The van der Waals surface area contributed by atoms with Gasteiger partial charge in [-0.2, -0.15) is 0 Å². The lowest BCUT2D eigenvalue weighted by molar-refractivity contribution is 0.0554. The van der Waals surface area contributed by atoms with Gasteiger partial charge >= 0.3 is 12.2 Å². The number of hydrogen-bond donors (Lipinski definition) is 1. The normalized spacial score (nSPS) is 15.4. The van der Waals surface area contributed by atoms with E-state index in [1.165, 1.54) is 0 Å². The van der Waals surface area contributed by atoms with Crippen LogP contribution in [0.15, 0.2) is 29.3 Å². The molecule has 0 aromatic heterocycles. The maximum atomic E-state index is 12.3. The molecule has 1 saturated heterocycles. The standard InChI is InChI=1S/C22H34N4O5/c1-21(2,3)30-19(27)23-18(24-20(28)31-22(4,5)6)26-13-11-25(12-14-26)16-9-8-10-17(15-16)29-7/h8-10,15H,11-14H2,1-7H3,(H,23,24,27,28). The number of benzene rings is 1. The second kappa shape index (κ2) is 9.89. The largest absolute Gasteiger partial charge is 0.497 e. The van der Waals surface area contributed by atoms with E-state index in [9.17, 15) is 9.59 Å². The minimum Gasteiger partial charge on any atom is -0.497 e. The van der Waals surface area contributed by atoms with E-state index in [0.29, 0.717) is 26.2 Å². The zero-order valence-electron chi connectivity index (χ0n) is 19.5. The number of rotatable bonds is 2. The Balaban J connectivity index is 2.12. The molecule has 1 fully saturated rings. The number of nitrogens with one attached hydrogen (secondary N) is 1. The van der Waals surface area contributed by atoms with Crippen molar-refractivity contribution in [2.45, 2.75) is 52.7 Å². The summed E-state index contributed by atoms with van der Waals surface area (Å²) in [6, 6.07) is 7.84. The number of carbonyl (C=O) groups excluding carboxylic acids is 2. The topological polar surface area (TPSA) is 92.7 Å². The molecule has 172 valence electrons. The van der Waals surface area contributed by atoms with Crippen LogP contribution in [0, 0.1) is 0 Å². The lowest BCUT2D eigenvalue weighted by Gasteiger charge is -2.37. The Kier molecular flexibility index (Phi) is 7.75. The van der Waals surface area contributed by atoms with Gasteiger partial charge in [0.05, 0.1) is 7.11 Å². The lowest BCUT2D eigenvalue weighted by Crippen LogP contribution is -2.54. The monoisotopic (exact) mass is 434 g/mol. The average Bonchev–Trinajstić information content (AvgIpc) is 2.64. The van der Waals surface area contributed by atoms with Crippen LogP contribution in [0.1, 0.15) is 41.5 Å². The quantitative estimate of drug-likeness (QED) is 0.561. The van der Waals surface area contributed by atoms with Gasteiger partial charge in [-0.05, 0) is 53.7 Å². The second-order valence-electron chi connectivity index (χ2n) is 9.22. The van der Waals surface area contributed by atoms with E-state index >= 15 is 0 Å². The molecule has 1 aliphatic heterocycles. The molecule has 1 aromatic rings. The highest BCUT2D eigenvalue weighted by Gasteiger charge is 2.26. The summed E-state index contributed by atoms with van der Waals surface area (Å²) in [6.07, 6.45) is -1.45. The zero-order chi connectivity index (χ0) is 23.2. The summed E-state index contributed by atoms with van der Waals surface area (Å²) < 4.78 is 15.9. The number of methoxy groups -OCH3 is 1. The van der Waals surface area contributed by atoms with Crippen molar-refractivity contribution in [3.05, 3.63) is 24.3 Å². The number of piperazine rings is 1. The van der Waals surface area contributed by atoms with Crippen LogP contribution in [0.25, 0.3) is 0 Å². The summed E-state index contributed by atoms with van der Waals surface area (Å²) in [7, 11) is 1.64. The van der Waals surface area contributed by atoms with E-state index in [4.69, 9.17) is 14.2 Å². The summed E-state index contributed by atoms with van der Waals surface area (Å²) in [5, 5.41) is 2.61. The predicted molar refractivity (Wildman–Crippen MR) is 120 cm³/mol. The molecule has 0 atom stereocenters. The van der Waals surface area contributed by atoms with Crippen molar-refractivity contribution in [1.82, 2.24) is 10.2 Å². The van der Waals surface area contributed by atoms with Gasteiger partial charge in [-0.3, -0.25) is 5.32 Å². The molecule has 9 nitrogen and oxygen atoms in total. The van der Waals surface area contributed by atoms with E-state index < -0.39 is 23.4 Å². The number of guanidine groups is 1. The Labute approximate surface area is 184 Å². The number of amides is 2. The van der Waals surface area contributed by atoms with Crippen LogP contribution in [-0.2, 0) is 9.47 Å². The molecule has 0 saturated carbocycles. The third-order valence-electron chi connectivity index (χ3n) is 4.20. The van der Waals surface area contributed by atoms with Gasteiger partial charge in [0.1, 0.15) is 17.0 Å². The molecule has 0 spiro atoms. The molecular formula is C22H34N4O5. The van der Waals surface area contributed by atoms with Crippen LogP contribution in [0.5, 0.6) is 5.75 Å². The first-order chi connectivity index (χ1) is 14.4. The third-order valence-corrected chi connectivity index (χ3v) is 4.20. The Morgan fingerprint density at radius 1 is 0.968 bits per heavy atom. The van der Waals surface area contributed by atoms with Crippen LogP contribution >= 0.6 is 0 Å². The van der Waals surface area contributed by atoms with Gasteiger partial charge in [-0.15, -0.1) is 4.99 Å². The van der Waals surface area contributed by atoms with Crippen LogP contribution in [-0.4, -0.2) is 67.5 Å². The van der Waals surface area contributed by atoms with Crippen molar-refractivity contribution in [1.29, 1.82) is 0 Å². The number of carbonyl (C=O) groups is 2. The van der Waals surface area contributed by atoms with Gasteiger partial charge in [-0.25, -0.2) is 9.59 Å². The van der Waals surface area contributed by atoms with Crippen molar-refractivity contribution in [3.63, 3.8) is 0 Å². The summed E-state index contributed by atoms with van der Waals surface area (Å²) in [4.78, 5) is 32.7. The van der Waals surface area contributed by atoms with E-state index in [1.54, 1.807) is 48.7 Å². The third kappa shape index (κ3) is 8.35. The Morgan fingerprint density at radius 3 is 2.13 bits per heavy atom. The highest BCUT2D eigenvalue weighted by Crippen LogP contribution is 2.22. The summed E-state index contributed by atoms with van der Waals surface area (Å²) >= 11 is 0. The van der Waals surface area contributed by atoms with Crippen LogP contribution in [0.2, 0.25) is 0 Å². The first kappa shape index (κ1) is 24.3. The van der Waals surface area contributed by atoms with E-state index in [-0.39, 0.29) is 5.96 Å². The van der Waals surface area contributed by atoms with Crippen LogP contribution in [0.4, 0.5) is 15.3 Å². The molecule has 31 heavy (non-hydrogen) atoms. The summed E-state index contributed by atoms with van der Waals surface area (Å²) in [5.74, 6) is 0.910. The second-order valence-corrected chi connectivity index (χ2v) is 9.22. The van der Waals surface area contributed by atoms with Crippen molar-refractivity contribution < 1.29 is 23.8 Å². The van der Waals surface area contributed by atoms with Gasteiger partial charge in [0, 0.05) is 37.9 Å². The minimum absolute atomic E-state index is 0.119. The van der Waals surface area contributed by atoms with Gasteiger partial charge in [0.25, 0.3) is 0 Å². The molecular weight excluding hydrogens is 400 g/mol. The molecule has 1 N–H and O–H groups in total. The molecule has 0 aliphatic carbocycles. The van der Waals surface area contributed by atoms with E-state index in [0.717, 1.165) is 11.4 Å². The first-order valence-corrected chi connectivity index (χ1v) is 10.3. The minimum atomic E-state index is -0.770. The number of anilines is 1. The van der Waals surface area contributed by atoms with Crippen molar-refractivity contribution in [2.75, 3.05) is 38.2 Å². The molecule has 0 unspecified atom stereocenters. The highest BCUT2D eigenvalue weighted by atomic mass is 16.6. The smallest absolute Gasteiger partial charge is 0.437 e. The van der Waals surface area contributed by atoms with Crippen molar-refractivity contribution in [3.8, 4) is 5.75 Å². The Hall–Kier alpha value is -2.97. The maximum Gasteiger partial charge on any atom is 0.437 e. The van der Waals surface area contributed by atoms with E-state index in [1.807, 2.05) is 29.2 Å². The maximum absolute atomic E-state index is 12.3. The molecule has 1 aromatic carbocycles. The average molecular weight is 435 g/mol. The van der Waals surface area contributed by atoms with Gasteiger partial charge < -0.3 is 24.0 Å². The molecule has 2 amide bonds. The molecule has 1 heterocycles. The fourth-order valence-corrected chi connectivity index (χ4v) is 2.93. The molecule has 9 heteroatoms. The predicted octanol–water partition coefficient (Wildman–Crippen LogP) is 3.63. The molecule has 0 radical (unpaired) electrons. The Bertz CT molecular complexity index is 803. The lowest BCUT2D eigenvalue weighted by atomic mass is 10.2. The van der Waals surface area contributed by atoms with Gasteiger partial charge in [-0.1, -0.05) is 6.07 Å². The highest BCUT2D eigenvalue weighted by molar-refractivity contribution is 5.99. The Morgan fingerprint density at radius 2 is 1.58 bits per heavy atom. The number of nitrogens with zero attached hydrogens (tertiary/aromatic N) is 3. The molecule has 0 bridgehead atoms. The SMILES string of the molecule is COc1cccc(N2CCN(C(=NC(=O)OC(C)(C)C)NC(=O)OC(C)(C)C)CC2)c1. The van der Waals surface area contributed by atoms with Gasteiger partial charge in [0.15, 0.2) is 0 Å². The van der Waals surface area contributed by atoms with Crippen molar-refractivity contribution >= 4 is 23.8 Å². The fraction of sp³-hybridized carbons (Fsp3) is 0.591. The van der Waals surface area contributed by atoms with E-state index in [2.05, 4.69) is 15.2 Å². The molecule has 2 rings (SSSR count). The first-order valence-electron chi connectivity index (χ1n) is 10.3. The van der Waals surface area contributed by atoms with Gasteiger partial charge in [0.2, 0.25) is 5.96 Å². The van der Waals surface area contributed by atoms with Crippen LogP contribution < -0.4 is 15.0 Å². The number of hydrogen-bond acceptors (Lipinski definition) is 6. The molecule has 1 aliphatic rings. The van der Waals surface area contributed by atoms with Crippen LogP contribution in [0.3, 0.4) is 0 Å². The fourth-order valence-electron chi connectivity index (χ4n) is 2.93.